The van der Waals surface area contributed by atoms with E-state index in [0.29, 0.717) is 16.7 Å². The molecule has 3 aromatic rings. The van der Waals surface area contributed by atoms with E-state index < -0.39 is 0 Å². The van der Waals surface area contributed by atoms with Gasteiger partial charge in [0.25, 0.3) is 5.56 Å². The maximum absolute atomic E-state index is 13.2. The summed E-state index contributed by atoms with van der Waals surface area (Å²) in [6.07, 6.45) is 5.97. The Balaban J connectivity index is 1.85. The summed E-state index contributed by atoms with van der Waals surface area (Å²) in [5.74, 6) is 0. The molecule has 0 bridgehead atoms. The van der Waals surface area contributed by atoms with E-state index in [0.717, 1.165) is 29.5 Å². The first-order chi connectivity index (χ1) is 12.7. The van der Waals surface area contributed by atoms with Gasteiger partial charge < -0.3 is 0 Å². The third-order valence-electron chi connectivity index (χ3n) is 4.30. The monoisotopic (exact) mass is 381 g/mol. The number of allylic oxidation sites excluding steroid dienone is 1. The Labute approximate surface area is 158 Å². The standard InChI is InChI=1S/C18H15N5OS2/c1-2-9-23-17(24)15-12-5-3-4-6-13(12)25-16(15)20-18(23)26-14-8-7-11(10-19)21-22-14/h2,7-8H,1,3-6,9H2. The summed E-state index contributed by atoms with van der Waals surface area (Å²) in [4.78, 5) is 20.0. The fourth-order valence-electron chi connectivity index (χ4n) is 3.12. The largest absolute Gasteiger partial charge is 0.283 e. The van der Waals surface area contributed by atoms with E-state index >= 15 is 0 Å². The second-order valence-corrected chi connectivity index (χ2v) is 8.03. The number of aromatic nitrogens is 4. The van der Waals surface area contributed by atoms with Crippen molar-refractivity contribution < 1.29 is 0 Å². The van der Waals surface area contributed by atoms with Crippen molar-refractivity contribution in [3.8, 4) is 6.07 Å². The molecule has 1 aliphatic rings. The Morgan fingerprint density at radius 1 is 1.35 bits per heavy atom. The van der Waals surface area contributed by atoms with E-state index in [1.165, 1.54) is 28.6 Å². The SMILES string of the molecule is C=CCn1c(Sc2ccc(C#N)nn2)nc2sc3c(c2c1=O)CCCC3. The Morgan fingerprint density at radius 3 is 2.92 bits per heavy atom. The van der Waals surface area contributed by atoms with Crippen molar-refractivity contribution in [2.45, 2.75) is 42.4 Å². The minimum Gasteiger partial charge on any atom is -0.283 e. The minimum absolute atomic E-state index is 0.0154. The molecule has 0 atom stereocenters. The van der Waals surface area contributed by atoms with Gasteiger partial charge in [-0.15, -0.1) is 28.1 Å². The number of thiophene rings is 1. The van der Waals surface area contributed by atoms with Crippen LogP contribution in [0.25, 0.3) is 10.2 Å². The van der Waals surface area contributed by atoms with Crippen LogP contribution < -0.4 is 5.56 Å². The third-order valence-corrected chi connectivity index (χ3v) is 6.41. The molecule has 0 aromatic carbocycles. The molecule has 3 heterocycles. The van der Waals surface area contributed by atoms with Crippen molar-refractivity contribution in [2.24, 2.45) is 0 Å². The van der Waals surface area contributed by atoms with E-state index in [-0.39, 0.29) is 11.3 Å². The summed E-state index contributed by atoms with van der Waals surface area (Å²) in [6.45, 7) is 4.15. The molecule has 8 heteroatoms. The van der Waals surface area contributed by atoms with Crippen LogP contribution in [0, 0.1) is 11.3 Å². The van der Waals surface area contributed by atoms with Crippen LogP contribution in [0.5, 0.6) is 0 Å². The average Bonchev–Trinajstić information content (AvgIpc) is 3.04. The molecule has 0 radical (unpaired) electrons. The lowest BCUT2D eigenvalue weighted by atomic mass is 9.97. The molecule has 26 heavy (non-hydrogen) atoms. The maximum Gasteiger partial charge on any atom is 0.263 e. The number of nitriles is 1. The molecule has 0 spiro atoms. The summed E-state index contributed by atoms with van der Waals surface area (Å²) in [7, 11) is 0. The van der Waals surface area contributed by atoms with E-state index in [2.05, 4.69) is 16.8 Å². The molecule has 3 aromatic heterocycles. The van der Waals surface area contributed by atoms with Crippen LogP contribution in [0.2, 0.25) is 0 Å². The highest BCUT2D eigenvalue weighted by atomic mass is 32.2. The van der Waals surface area contributed by atoms with Crippen LogP contribution in [0.3, 0.4) is 0 Å². The highest BCUT2D eigenvalue weighted by Gasteiger charge is 2.22. The molecule has 0 amide bonds. The third kappa shape index (κ3) is 2.93. The summed E-state index contributed by atoms with van der Waals surface area (Å²) in [5, 5.41) is 18.6. The predicted molar refractivity (Wildman–Crippen MR) is 102 cm³/mol. The van der Waals surface area contributed by atoms with Gasteiger partial charge in [-0.05, 0) is 55.1 Å². The molecule has 130 valence electrons. The lowest BCUT2D eigenvalue weighted by Gasteiger charge is -2.12. The first-order valence-electron chi connectivity index (χ1n) is 8.29. The first kappa shape index (κ1) is 16.9. The smallest absolute Gasteiger partial charge is 0.263 e. The Kier molecular flexibility index (Phi) is 4.57. The van der Waals surface area contributed by atoms with Gasteiger partial charge in [0, 0.05) is 11.4 Å². The van der Waals surface area contributed by atoms with Gasteiger partial charge in [0.05, 0.1) is 5.39 Å². The van der Waals surface area contributed by atoms with Gasteiger partial charge in [-0.2, -0.15) is 5.26 Å². The van der Waals surface area contributed by atoms with Gasteiger partial charge >= 0.3 is 0 Å². The molecule has 0 fully saturated rings. The van der Waals surface area contributed by atoms with Crippen molar-refractivity contribution in [1.29, 1.82) is 5.26 Å². The average molecular weight is 381 g/mol. The van der Waals surface area contributed by atoms with Gasteiger partial charge in [-0.1, -0.05) is 6.08 Å². The predicted octanol–water partition coefficient (Wildman–Crippen LogP) is 3.34. The maximum atomic E-state index is 13.2. The highest BCUT2D eigenvalue weighted by Crippen LogP contribution is 2.35. The van der Waals surface area contributed by atoms with Gasteiger partial charge in [-0.3, -0.25) is 9.36 Å². The second kappa shape index (κ2) is 7.02. The van der Waals surface area contributed by atoms with Gasteiger partial charge in [-0.25, -0.2) is 4.98 Å². The van der Waals surface area contributed by atoms with Crippen LogP contribution in [-0.2, 0) is 19.4 Å². The topological polar surface area (TPSA) is 84.5 Å². The molecule has 4 rings (SSSR count). The molecule has 1 aliphatic carbocycles. The van der Waals surface area contributed by atoms with Gasteiger partial charge in [0.15, 0.2) is 10.9 Å². The van der Waals surface area contributed by atoms with Crippen LogP contribution in [0.1, 0.15) is 29.0 Å². The minimum atomic E-state index is -0.0154. The van der Waals surface area contributed by atoms with Crippen molar-refractivity contribution in [3.05, 3.63) is 51.3 Å². The summed E-state index contributed by atoms with van der Waals surface area (Å²) in [5.41, 5.74) is 1.42. The van der Waals surface area contributed by atoms with E-state index in [4.69, 9.17) is 10.2 Å². The molecule has 0 N–H and O–H groups in total. The number of rotatable bonds is 4. The van der Waals surface area contributed by atoms with Crippen molar-refractivity contribution in [1.82, 2.24) is 19.7 Å². The zero-order valence-corrected chi connectivity index (χ0v) is 15.6. The number of nitrogens with zero attached hydrogens (tertiary/aromatic N) is 5. The van der Waals surface area contributed by atoms with E-state index in [1.807, 2.05) is 6.07 Å². The van der Waals surface area contributed by atoms with E-state index in [1.54, 1.807) is 34.1 Å². The Hall–Kier alpha value is -2.50. The van der Waals surface area contributed by atoms with E-state index in [9.17, 15) is 4.79 Å². The fraction of sp³-hybridized carbons (Fsp3) is 0.278. The molecule has 0 saturated carbocycles. The molecule has 0 aliphatic heterocycles. The Morgan fingerprint density at radius 2 is 2.19 bits per heavy atom. The first-order valence-corrected chi connectivity index (χ1v) is 9.92. The van der Waals surface area contributed by atoms with Crippen LogP contribution >= 0.6 is 23.1 Å². The van der Waals surface area contributed by atoms with Crippen molar-refractivity contribution in [2.75, 3.05) is 0 Å². The lowest BCUT2D eigenvalue weighted by Crippen LogP contribution is -2.23. The zero-order valence-electron chi connectivity index (χ0n) is 13.9. The molecule has 0 saturated heterocycles. The lowest BCUT2D eigenvalue weighted by molar-refractivity contribution is 0.667. The number of aryl methyl sites for hydroxylation is 2. The molecular weight excluding hydrogens is 366 g/mol. The van der Waals surface area contributed by atoms with Crippen LogP contribution in [0.4, 0.5) is 0 Å². The number of hydrogen-bond acceptors (Lipinski definition) is 7. The normalized spacial score (nSPS) is 13.3. The second-order valence-electron chi connectivity index (χ2n) is 5.96. The highest BCUT2D eigenvalue weighted by molar-refractivity contribution is 7.99. The Bertz CT molecular complexity index is 1090. The van der Waals surface area contributed by atoms with Gasteiger partial charge in [0.2, 0.25) is 0 Å². The summed E-state index contributed by atoms with van der Waals surface area (Å²) in [6, 6.07) is 5.26. The molecule has 6 nitrogen and oxygen atoms in total. The number of hydrogen-bond donors (Lipinski definition) is 0. The molecular formula is C18H15N5OS2. The molecule has 0 unspecified atom stereocenters. The zero-order chi connectivity index (χ0) is 18.1. The number of fused-ring (bicyclic) bond motifs is 3. The summed E-state index contributed by atoms with van der Waals surface area (Å²) >= 11 is 2.90. The van der Waals surface area contributed by atoms with Crippen LogP contribution in [0.15, 0.2) is 39.8 Å². The summed E-state index contributed by atoms with van der Waals surface area (Å²) < 4.78 is 1.64. The van der Waals surface area contributed by atoms with Crippen molar-refractivity contribution >= 4 is 33.3 Å². The van der Waals surface area contributed by atoms with Gasteiger partial charge in [0.1, 0.15) is 15.9 Å². The van der Waals surface area contributed by atoms with Crippen LogP contribution in [-0.4, -0.2) is 19.7 Å². The fourth-order valence-corrected chi connectivity index (χ4v) is 5.23. The van der Waals surface area contributed by atoms with Crippen molar-refractivity contribution in [3.63, 3.8) is 0 Å². The quantitative estimate of drug-likeness (QED) is 0.509.